The van der Waals surface area contributed by atoms with Crippen LogP contribution in [0.25, 0.3) is 0 Å². The normalized spacial score (nSPS) is 14.6. The molecule has 0 fully saturated rings. The van der Waals surface area contributed by atoms with E-state index >= 15 is 0 Å². The number of hydrogen-bond acceptors (Lipinski definition) is 2. The van der Waals surface area contributed by atoms with Gasteiger partial charge in [0.1, 0.15) is 0 Å². The van der Waals surface area contributed by atoms with Crippen LogP contribution in [0.3, 0.4) is 0 Å². The van der Waals surface area contributed by atoms with Crippen molar-refractivity contribution in [2.75, 3.05) is 27.2 Å². The van der Waals surface area contributed by atoms with Crippen LogP contribution in [0.2, 0.25) is 51.9 Å². The van der Waals surface area contributed by atoms with Crippen molar-refractivity contribution in [3.63, 3.8) is 0 Å². The summed E-state index contributed by atoms with van der Waals surface area (Å²) >= 11 is 0. The Morgan fingerprint density at radius 3 is 1.52 bits per heavy atom. The number of rotatable bonds is 10. The molecule has 0 spiro atoms. The molecule has 0 rings (SSSR count). The third-order valence-electron chi connectivity index (χ3n) is 3.27. The van der Waals surface area contributed by atoms with Crippen molar-refractivity contribution >= 4 is 25.2 Å². The second-order valence-electron chi connectivity index (χ2n) is 9.05. The zero-order valence-corrected chi connectivity index (χ0v) is 19.3. The van der Waals surface area contributed by atoms with Crippen LogP contribution >= 0.6 is 0 Å². The Morgan fingerprint density at radius 2 is 1.19 bits per heavy atom. The highest BCUT2D eigenvalue weighted by atomic mass is 28.5. The Morgan fingerprint density at radius 1 is 0.762 bits per heavy atom. The van der Waals surface area contributed by atoms with Gasteiger partial charge in [0.25, 0.3) is 0 Å². The molecule has 0 radical (unpaired) electrons. The van der Waals surface area contributed by atoms with Crippen LogP contribution in [0.4, 0.5) is 0 Å². The van der Waals surface area contributed by atoms with Gasteiger partial charge < -0.3 is 12.7 Å². The summed E-state index contributed by atoms with van der Waals surface area (Å²) in [6.45, 7) is 20.7. The van der Waals surface area contributed by atoms with Crippen molar-refractivity contribution in [1.29, 1.82) is 0 Å². The lowest BCUT2D eigenvalue weighted by Gasteiger charge is -2.39. The molecule has 0 N–H and O–H groups in total. The van der Waals surface area contributed by atoms with Crippen LogP contribution < -0.4 is 0 Å². The zero-order valence-electron chi connectivity index (χ0n) is 16.3. The fourth-order valence-electron chi connectivity index (χ4n) is 2.96. The first-order chi connectivity index (χ1) is 9.18. The van der Waals surface area contributed by atoms with Crippen LogP contribution in [0, 0.1) is 0 Å². The predicted molar refractivity (Wildman–Crippen MR) is 102 cm³/mol. The summed E-state index contributed by atoms with van der Waals surface area (Å²) in [6.07, 6.45) is 2.46. The van der Waals surface area contributed by atoms with Gasteiger partial charge in [-0.2, -0.15) is 0 Å². The van der Waals surface area contributed by atoms with Gasteiger partial charge in [0.15, 0.2) is 16.6 Å². The zero-order chi connectivity index (χ0) is 16.9. The van der Waals surface area contributed by atoms with Gasteiger partial charge in [-0.25, -0.2) is 0 Å². The van der Waals surface area contributed by atoms with E-state index < -0.39 is 25.2 Å². The SMILES string of the molecule is CCC[N+](C)(C)CCC[Si](C)(O[Si](C)(C)C)O[Si](C)(C)C. The molecule has 21 heavy (non-hydrogen) atoms. The van der Waals surface area contributed by atoms with Crippen molar-refractivity contribution in [2.45, 2.75) is 71.6 Å². The maximum atomic E-state index is 6.56. The molecule has 128 valence electrons. The summed E-state index contributed by atoms with van der Waals surface area (Å²) in [5, 5.41) is 0. The third kappa shape index (κ3) is 11.7. The van der Waals surface area contributed by atoms with Crippen molar-refractivity contribution in [3.8, 4) is 0 Å². The Labute approximate surface area is 137 Å². The van der Waals surface area contributed by atoms with Crippen molar-refractivity contribution in [3.05, 3.63) is 0 Å². The maximum absolute atomic E-state index is 6.56. The predicted octanol–water partition coefficient (Wildman–Crippen LogP) is 4.64. The molecule has 0 atom stereocenters. The van der Waals surface area contributed by atoms with Crippen molar-refractivity contribution in [1.82, 2.24) is 0 Å². The standard InChI is InChI=1S/C15H40NO2Si3/c1-11-13-16(2,3)14-12-15-21(10,17-19(4,5)6)18-20(7,8)9/h11-15H2,1-10H3/q+1. The molecular formula is C15H40NO2Si3+. The van der Waals surface area contributed by atoms with Gasteiger partial charge in [-0.15, -0.1) is 0 Å². The van der Waals surface area contributed by atoms with E-state index in [1.807, 2.05) is 0 Å². The van der Waals surface area contributed by atoms with Crippen LogP contribution in [0.5, 0.6) is 0 Å². The van der Waals surface area contributed by atoms with E-state index in [4.69, 9.17) is 8.23 Å². The Hall–Kier alpha value is 0.531. The lowest BCUT2D eigenvalue weighted by atomic mass is 10.3. The van der Waals surface area contributed by atoms with Crippen molar-refractivity contribution in [2.24, 2.45) is 0 Å². The molecule has 0 bridgehead atoms. The second-order valence-corrected chi connectivity index (χ2v) is 21.9. The Kier molecular flexibility index (Phi) is 8.08. The van der Waals surface area contributed by atoms with Gasteiger partial charge in [-0.1, -0.05) is 6.92 Å². The molecule has 0 aliphatic heterocycles. The lowest BCUT2D eigenvalue weighted by Crippen LogP contribution is -2.53. The molecule has 0 aliphatic rings. The van der Waals surface area contributed by atoms with E-state index in [-0.39, 0.29) is 0 Å². The average Bonchev–Trinajstić information content (AvgIpc) is 2.08. The van der Waals surface area contributed by atoms with Crippen LogP contribution in [0.15, 0.2) is 0 Å². The summed E-state index contributed by atoms with van der Waals surface area (Å²) < 4.78 is 14.2. The molecule has 0 aromatic heterocycles. The first-order valence-electron chi connectivity index (χ1n) is 8.40. The maximum Gasteiger partial charge on any atom is 0.314 e. The molecule has 0 aliphatic carbocycles. The Balaban J connectivity index is 4.69. The minimum absolute atomic E-state index is 1.11. The number of nitrogens with zero attached hydrogens (tertiary/aromatic N) is 1. The van der Waals surface area contributed by atoms with E-state index in [1.54, 1.807) is 0 Å². The third-order valence-corrected chi connectivity index (χ3v) is 12.9. The summed E-state index contributed by atoms with van der Waals surface area (Å²) in [5.41, 5.74) is 0. The summed E-state index contributed by atoms with van der Waals surface area (Å²) in [4.78, 5) is 0. The van der Waals surface area contributed by atoms with E-state index in [1.165, 1.54) is 25.9 Å². The second kappa shape index (κ2) is 7.88. The van der Waals surface area contributed by atoms with Crippen LogP contribution in [-0.4, -0.2) is 56.9 Å². The minimum Gasteiger partial charge on any atom is -0.437 e. The highest BCUT2D eigenvalue weighted by molar-refractivity contribution is 6.87. The molecule has 6 heteroatoms. The summed E-state index contributed by atoms with van der Waals surface area (Å²) in [7, 11) is -0.460. The molecule has 0 aromatic rings. The summed E-state index contributed by atoms with van der Waals surface area (Å²) in [5.74, 6) is 0. The van der Waals surface area contributed by atoms with Gasteiger partial charge in [0, 0.05) is 0 Å². The highest BCUT2D eigenvalue weighted by Crippen LogP contribution is 2.25. The molecule has 0 saturated heterocycles. The van der Waals surface area contributed by atoms with Crippen LogP contribution in [0.1, 0.15) is 19.8 Å². The van der Waals surface area contributed by atoms with Gasteiger partial charge in [0.05, 0.1) is 27.2 Å². The molecule has 0 unspecified atom stereocenters. The lowest BCUT2D eigenvalue weighted by molar-refractivity contribution is -0.890. The summed E-state index contributed by atoms with van der Waals surface area (Å²) in [6, 6.07) is 1.13. The fourth-order valence-corrected chi connectivity index (χ4v) is 15.5. The molecule has 3 nitrogen and oxygen atoms in total. The van der Waals surface area contributed by atoms with Gasteiger partial charge >= 0.3 is 8.56 Å². The molecular weight excluding hydrogens is 310 g/mol. The Bertz CT molecular complexity index is 293. The van der Waals surface area contributed by atoms with E-state index in [0.717, 1.165) is 10.5 Å². The molecule has 0 heterocycles. The van der Waals surface area contributed by atoms with Gasteiger partial charge in [-0.3, -0.25) is 0 Å². The van der Waals surface area contributed by atoms with E-state index in [2.05, 4.69) is 66.8 Å². The number of quaternary nitrogens is 1. The van der Waals surface area contributed by atoms with E-state index in [0.29, 0.717) is 0 Å². The van der Waals surface area contributed by atoms with E-state index in [9.17, 15) is 0 Å². The first kappa shape index (κ1) is 21.5. The molecule has 0 aromatic carbocycles. The van der Waals surface area contributed by atoms with Crippen molar-refractivity contribution < 1.29 is 12.7 Å². The fraction of sp³-hybridized carbons (Fsp3) is 1.00. The number of hydrogen-bond donors (Lipinski definition) is 0. The average molecular weight is 351 g/mol. The minimum atomic E-state index is -2.03. The largest absolute Gasteiger partial charge is 0.437 e. The molecule has 0 saturated carbocycles. The topological polar surface area (TPSA) is 18.5 Å². The quantitative estimate of drug-likeness (QED) is 0.422. The van der Waals surface area contributed by atoms with Crippen LogP contribution in [-0.2, 0) is 8.23 Å². The highest BCUT2D eigenvalue weighted by Gasteiger charge is 2.40. The molecule has 0 amide bonds. The first-order valence-corrected chi connectivity index (χ1v) is 17.7. The monoisotopic (exact) mass is 350 g/mol. The van der Waals surface area contributed by atoms with Gasteiger partial charge in [-0.05, 0) is 64.7 Å². The van der Waals surface area contributed by atoms with Gasteiger partial charge in [0.2, 0.25) is 0 Å². The smallest absolute Gasteiger partial charge is 0.314 e.